The molecule has 0 aliphatic carbocycles. The maximum Gasteiger partial charge on any atom is 0.338 e. The van der Waals surface area contributed by atoms with Gasteiger partial charge >= 0.3 is 5.97 Å². The molecule has 1 N–H and O–H groups in total. The van der Waals surface area contributed by atoms with Gasteiger partial charge in [0.2, 0.25) is 0 Å². The number of carbonyl (C=O) groups excluding carboxylic acids is 2. The first-order valence-electron chi connectivity index (χ1n) is 7.60. The van der Waals surface area contributed by atoms with Gasteiger partial charge in [0, 0.05) is 12.8 Å². The maximum atomic E-state index is 12.0. The van der Waals surface area contributed by atoms with Crippen LogP contribution in [0.25, 0.3) is 0 Å². The number of benzene rings is 2. The molecule has 1 amide bonds. The van der Waals surface area contributed by atoms with Crippen LogP contribution in [0.4, 0.5) is 0 Å². The van der Waals surface area contributed by atoms with E-state index in [1.54, 1.807) is 0 Å². The summed E-state index contributed by atoms with van der Waals surface area (Å²) >= 11 is 0. The Morgan fingerprint density at radius 2 is 1.64 bits per heavy atom. The summed E-state index contributed by atoms with van der Waals surface area (Å²) in [4.78, 5) is 24.2. The van der Waals surface area contributed by atoms with Gasteiger partial charge in [-0.3, -0.25) is 4.79 Å². The Balaban J connectivity index is 1.91. The third kappa shape index (κ3) is 5.42. The second kappa shape index (κ2) is 7.94. The molecule has 2 rings (SSSR count). The Bertz CT molecular complexity index is 845. The first kappa shape index (κ1) is 18.7. The second-order valence-corrected chi connectivity index (χ2v) is 7.56. The van der Waals surface area contributed by atoms with Crippen LogP contribution in [0.2, 0.25) is 0 Å². The highest BCUT2D eigenvalue weighted by Gasteiger charge is 2.19. The van der Waals surface area contributed by atoms with Gasteiger partial charge in [-0.25, -0.2) is 13.2 Å². The zero-order valence-electron chi connectivity index (χ0n) is 13.9. The Hall–Kier alpha value is -2.67. The Labute approximate surface area is 146 Å². The van der Waals surface area contributed by atoms with Gasteiger partial charge in [-0.15, -0.1) is 0 Å². The number of sulfone groups is 1. The number of hydrogen-bond acceptors (Lipinski definition) is 5. The molecule has 132 valence electrons. The van der Waals surface area contributed by atoms with Gasteiger partial charge in [-0.2, -0.15) is 0 Å². The van der Waals surface area contributed by atoms with Crippen LogP contribution in [0.1, 0.15) is 22.8 Å². The molecule has 0 bridgehead atoms. The zero-order chi connectivity index (χ0) is 18.4. The smallest absolute Gasteiger partial charge is 0.338 e. The van der Waals surface area contributed by atoms with Crippen molar-refractivity contribution in [2.24, 2.45) is 0 Å². The van der Waals surface area contributed by atoms with Crippen LogP contribution >= 0.6 is 0 Å². The van der Waals surface area contributed by atoms with Crippen molar-refractivity contribution in [3.8, 4) is 0 Å². The molecule has 0 saturated heterocycles. The summed E-state index contributed by atoms with van der Waals surface area (Å²) < 4.78 is 27.9. The van der Waals surface area contributed by atoms with E-state index in [1.807, 2.05) is 30.3 Å². The lowest BCUT2D eigenvalue weighted by molar-refractivity contribution is -0.129. The number of esters is 1. The van der Waals surface area contributed by atoms with E-state index < -0.39 is 27.8 Å². The largest absolute Gasteiger partial charge is 0.449 e. The molecule has 0 heterocycles. The molecule has 0 fully saturated rings. The summed E-state index contributed by atoms with van der Waals surface area (Å²) in [6.45, 7) is 1.81. The third-order valence-corrected chi connectivity index (χ3v) is 4.61. The van der Waals surface area contributed by atoms with Crippen molar-refractivity contribution >= 4 is 21.7 Å². The van der Waals surface area contributed by atoms with E-state index in [0.29, 0.717) is 6.54 Å². The summed E-state index contributed by atoms with van der Waals surface area (Å²) in [5.41, 5.74) is 1.11. The van der Waals surface area contributed by atoms with Gasteiger partial charge in [0.05, 0.1) is 10.5 Å². The predicted octanol–water partition coefficient (Wildman–Crippen LogP) is 1.95. The molecule has 6 nitrogen and oxygen atoms in total. The van der Waals surface area contributed by atoms with Crippen LogP contribution in [-0.4, -0.2) is 32.7 Å². The molecular weight excluding hydrogens is 342 g/mol. The number of hydrogen-bond donors (Lipinski definition) is 1. The molecule has 1 unspecified atom stereocenters. The topological polar surface area (TPSA) is 89.5 Å². The van der Waals surface area contributed by atoms with Gasteiger partial charge in [-0.05, 0) is 36.8 Å². The number of amides is 1. The molecule has 2 aromatic rings. The molecule has 1 atom stereocenters. The van der Waals surface area contributed by atoms with Gasteiger partial charge in [0.1, 0.15) is 0 Å². The minimum Gasteiger partial charge on any atom is -0.449 e. The fourth-order valence-electron chi connectivity index (χ4n) is 2.05. The van der Waals surface area contributed by atoms with Crippen molar-refractivity contribution in [2.75, 3.05) is 6.26 Å². The number of ether oxygens (including phenoxy) is 1. The average molecular weight is 361 g/mol. The van der Waals surface area contributed by atoms with Crippen LogP contribution in [0, 0.1) is 0 Å². The fourth-order valence-corrected chi connectivity index (χ4v) is 2.68. The van der Waals surface area contributed by atoms with E-state index >= 15 is 0 Å². The molecule has 25 heavy (non-hydrogen) atoms. The van der Waals surface area contributed by atoms with E-state index in [2.05, 4.69) is 5.32 Å². The van der Waals surface area contributed by atoms with E-state index in [1.165, 1.54) is 31.2 Å². The van der Waals surface area contributed by atoms with E-state index in [4.69, 9.17) is 4.74 Å². The normalized spacial score (nSPS) is 12.2. The maximum absolute atomic E-state index is 12.0. The molecule has 0 radical (unpaired) electrons. The van der Waals surface area contributed by atoms with Crippen LogP contribution in [0.15, 0.2) is 59.5 Å². The van der Waals surface area contributed by atoms with Crippen molar-refractivity contribution < 1.29 is 22.7 Å². The summed E-state index contributed by atoms with van der Waals surface area (Å²) in [5, 5.41) is 2.69. The zero-order valence-corrected chi connectivity index (χ0v) is 14.7. The molecule has 0 aromatic heterocycles. The van der Waals surface area contributed by atoms with Crippen LogP contribution in [0.3, 0.4) is 0 Å². The van der Waals surface area contributed by atoms with Gasteiger partial charge < -0.3 is 10.1 Å². The number of carbonyl (C=O) groups is 2. The summed E-state index contributed by atoms with van der Waals surface area (Å²) in [7, 11) is -3.33. The second-order valence-electron chi connectivity index (χ2n) is 5.55. The first-order valence-corrected chi connectivity index (χ1v) is 9.49. The first-order chi connectivity index (χ1) is 11.8. The van der Waals surface area contributed by atoms with Crippen molar-refractivity contribution in [1.29, 1.82) is 0 Å². The molecular formula is C18H19NO5S. The molecule has 7 heteroatoms. The van der Waals surface area contributed by atoms with E-state index in [0.717, 1.165) is 11.8 Å². The monoisotopic (exact) mass is 361 g/mol. The van der Waals surface area contributed by atoms with Crippen molar-refractivity contribution in [3.05, 3.63) is 65.7 Å². The van der Waals surface area contributed by atoms with E-state index in [9.17, 15) is 18.0 Å². The summed E-state index contributed by atoms with van der Waals surface area (Å²) in [6.07, 6.45) is 0.116. The standard InChI is InChI=1S/C18H19NO5S/c1-13(17(20)19-12-14-6-4-3-5-7-14)24-18(21)15-8-10-16(11-9-15)25(2,22)23/h3-11,13H,12H2,1-2H3,(H,19,20). The molecule has 0 aliphatic heterocycles. The quantitative estimate of drug-likeness (QED) is 0.795. The van der Waals surface area contributed by atoms with Gasteiger partial charge in [0.25, 0.3) is 5.91 Å². The lowest BCUT2D eigenvalue weighted by atomic mass is 10.2. The molecule has 2 aromatic carbocycles. The molecule has 0 saturated carbocycles. The lowest BCUT2D eigenvalue weighted by Crippen LogP contribution is -2.35. The Kier molecular flexibility index (Phi) is 5.93. The Morgan fingerprint density at radius 1 is 1.04 bits per heavy atom. The van der Waals surface area contributed by atoms with Crippen LogP contribution in [0.5, 0.6) is 0 Å². The highest BCUT2D eigenvalue weighted by Crippen LogP contribution is 2.12. The van der Waals surface area contributed by atoms with Crippen LogP contribution < -0.4 is 5.32 Å². The van der Waals surface area contributed by atoms with Crippen molar-refractivity contribution in [3.63, 3.8) is 0 Å². The summed E-state index contributed by atoms with van der Waals surface area (Å²) in [6, 6.07) is 14.7. The SMILES string of the molecule is CC(OC(=O)c1ccc(S(C)(=O)=O)cc1)C(=O)NCc1ccccc1. The summed E-state index contributed by atoms with van der Waals surface area (Å²) in [5.74, 6) is -1.10. The predicted molar refractivity (Wildman–Crippen MR) is 92.7 cm³/mol. The minimum absolute atomic E-state index is 0.109. The highest BCUT2D eigenvalue weighted by atomic mass is 32.2. The van der Waals surface area contributed by atoms with Gasteiger partial charge in [0.15, 0.2) is 15.9 Å². The molecule has 0 spiro atoms. The molecule has 0 aliphatic rings. The van der Waals surface area contributed by atoms with Crippen LogP contribution in [-0.2, 0) is 25.9 Å². The number of nitrogens with one attached hydrogen (secondary N) is 1. The fraction of sp³-hybridized carbons (Fsp3) is 0.222. The van der Waals surface area contributed by atoms with Crippen molar-refractivity contribution in [2.45, 2.75) is 24.5 Å². The highest BCUT2D eigenvalue weighted by molar-refractivity contribution is 7.90. The third-order valence-electron chi connectivity index (χ3n) is 3.48. The van der Waals surface area contributed by atoms with Crippen molar-refractivity contribution in [1.82, 2.24) is 5.32 Å². The van der Waals surface area contributed by atoms with E-state index in [-0.39, 0.29) is 10.5 Å². The number of rotatable bonds is 6. The average Bonchev–Trinajstić information content (AvgIpc) is 2.59. The minimum atomic E-state index is -3.33. The lowest BCUT2D eigenvalue weighted by Gasteiger charge is -2.13. The van der Waals surface area contributed by atoms with Gasteiger partial charge in [-0.1, -0.05) is 30.3 Å². The Morgan fingerprint density at radius 3 is 2.20 bits per heavy atom.